The Bertz CT molecular complexity index is 966. The quantitative estimate of drug-likeness (QED) is 0.576. The van der Waals surface area contributed by atoms with Gasteiger partial charge >= 0.3 is 0 Å². The summed E-state index contributed by atoms with van der Waals surface area (Å²) in [5, 5.41) is 27.5. The number of aromatic nitrogens is 4. The highest BCUT2D eigenvalue weighted by molar-refractivity contribution is 7.99. The van der Waals surface area contributed by atoms with Gasteiger partial charge in [-0.3, -0.25) is 9.55 Å². The standard InChI is InChI=1S/C20H18N6S/c1-15-4-6-18(7-5-15)26-19(17-8-11-23-12-9-17)24-25-20(26)27-14-16(13-22)3-2-10-21/h4-9,11-12,16H,2-3,14H2,1H3/t16-/m0/s1. The minimum absolute atomic E-state index is 0.192. The number of hydrogen-bond donors (Lipinski definition) is 0. The van der Waals surface area contributed by atoms with Crippen molar-refractivity contribution in [2.75, 3.05) is 5.75 Å². The van der Waals surface area contributed by atoms with Crippen LogP contribution in [0, 0.1) is 35.5 Å². The van der Waals surface area contributed by atoms with Crippen molar-refractivity contribution in [2.24, 2.45) is 5.92 Å². The second kappa shape index (κ2) is 8.98. The molecule has 0 fully saturated rings. The van der Waals surface area contributed by atoms with Gasteiger partial charge in [-0.2, -0.15) is 10.5 Å². The van der Waals surface area contributed by atoms with Crippen molar-refractivity contribution >= 4 is 11.8 Å². The van der Waals surface area contributed by atoms with E-state index >= 15 is 0 Å². The monoisotopic (exact) mass is 374 g/mol. The van der Waals surface area contributed by atoms with Crippen molar-refractivity contribution in [2.45, 2.75) is 24.9 Å². The van der Waals surface area contributed by atoms with Crippen LogP contribution in [-0.2, 0) is 0 Å². The third kappa shape index (κ3) is 4.52. The van der Waals surface area contributed by atoms with Crippen LogP contribution in [0.5, 0.6) is 0 Å². The second-order valence-corrected chi connectivity index (χ2v) is 7.03. The van der Waals surface area contributed by atoms with E-state index in [9.17, 15) is 5.26 Å². The molecule has 0 bridgehead atoms. The molecule has 2 heterocycles. The largest absolute Gasteiger partial charge is 0.270 e. The number of aryl methyl sites for hydroxylation is 1. The third-order valence-electron chi connectivity index (χ3n) is 4.06. The van der Waals surface area contributed by atoms with Crippen LogP contribution in [0.15, 0.2) is 53.9 Å². The average Bonchev–Trinajstić information content (AvgIpc) is 3.13. The van der Waals surface area contributed by atoms with E-state index in [0.717, 1.165) is 22.2 Å². The van der Waals surface area contributed by atoms with Crippen molar-refractivity contribution in [1.82, 2.24) is 19.7 Å². The Balaban J connectivity index is 1.94. The van der Waals surface area contributed by atoms with Crippen LogP contribution in [-0.4, -0.2) is 25.5 Å². The van der Waals surface area contributed by atoms with Gasteiger partial charge in [-0.1, -0.05) is 29.5 Å². The number of pyridine rings is 1. The molecule has 1 atom stereocenters. The Morgan fingerprint density at radius 2 is 1.81 bits per heavy atom. The van der Waals surface area contributed by atoms with Gasteiger partial charge in [0.15, 0.2) is 11.0 Å². The van der Waals surface area contributed by atoms with Crippen LogP contribution in [0.1, 0.15) is 18.4 Å². The van der Waals surface area contributed by atoms with E-state index in [0.29, 0.717) is 18.6 Å². The van der Waals surface area contributed by atoms with Gasteiger partial charge in [-0.25, -0.2) is 0 Å². The summed E-state index contributed by atoms with van der Waals surface area (Å²) in [6.07, 6.45) is 4.40. The highest BCUT2D eigenvalue weighted by atomic mass is 32.2. The fourth-order valence-electron chi connectivity index (χ4n) is 2.58. The lowest BCUT2D eigenvalue weighted by atomic mass is 10.1. The Hall–Kier alpha value is -3.16. The molecule has 27 heavy (non-hydrogen) atoms. The number of nitrogens with zero attached hydrogens (tertiary/aromatic N) is 6. The Morgan fingerprint density at radius 1 is 1.07 bits per heavy atom. The molecule has 0 aliphatic rings. The molecule has 0 spiro atoms. The Labute approximate surface area is 162 Å². The first-order valence-electron chi connectivity index (χ1n) is 8.55. The summed E-state index contributed by atoms with van der Waals surface area (Å²) < 4.78 is 2.00. The topological polar surface area (TPSA) is 91.2 Å². The number of nitriles is 2. The van der Waals surface area contributed by atoms with Gasteiger partial charge in [0.05, 0.1) is 18.1 Å². The fraction of sp³-hybridized carbons (Fsp3) is 0.250. The fourth-order valence-corrected chi connectivity index (χ4v) is 3.59. The van der Waals surface area contributed by atoms with Crippen LogP contribution < -0.4 is 0 Å². The summed E-state index contributed by atoms with van der Waals surface area (Å²) in [4.78, 5) is 4.07. The van der Waals surface area contributed by atoms with Gasteiger partial charge in [0.25, 0.3) is 0 Å². The molecule has 0 N–H and O–H groups in total. The number of rotatable bonds is 7. The predicted molar refractivity (Wildman–Crippen MR) is 104 cm³/mol. The van der Waals surface area contributed by atoms with Crippen molar-refractivity contribution in [3.63, 3.8) is 0 Å². The van der Waals surface area contributed by atoms with Crippen LogP contribution in [0.25, 0.3) is 17.1 Å². The molecular formula is C20H18N6S. The molecule has 0 saturated heterocycles. The van der Waals surface area contributed by atoms with E-state index in [1.165, 1.54) is 17.3 Å². The Kier molecular flexibility index (Phi) is 6.19. The van der Waals surface area contributed by atoms with Gasteiger partial charge in [-0.15, -0.1) is 10.2 Å². The average molecular weight is 374 g/mol. The molecule has 0 saturated carbocycles. The molecule has 7 heteroatoms. The van der Waals surface area contributed by atoms with Crippen molar-refractivity contribution in [3.8, 4) is 29.2 Å². The van der Waals surface area contributed by atoms with Crippen molar-refractivity contribution in [3.05, 3.63) is 54.4 Å². The first kappa shape index (κ1) is 18.6. The third-order valence-corrected chi connectivity index (χ3v) is 5.16. The van der Waals surface area contributed by atoms with Crippen LogP contribution >= 0.6 is 11.8 Å². The van der Waals surface area contributed by atoms with Gasteiger partial charge in [0.2, 0.25) is 0 Å². The van der Waals surface area contributed by atoms with E-state index in [1.807, 2.05) is 47.9 Å². The van der Waals surface area contributed by atoms with Gasteiger partial charge < -0.3 is 0 Å². The highest BCUT2D eigenvalue weighted by Gasteiger charge is 2.18. The number of thioether (sulfide) groups is 1. The predicted octanol–water partition coefficient (Wildman–Crippen LogP) is 4.17. The van der Waals surface area contributed by atoms with E-state index in [-0.39, 0.29) is 5.92 Å². The lowest BCUT2D eigenvalue weighted by Crippen LogP contribution is -2.04. The minimum atomic E-state index is -0.192. The maximum Gasteiger partial charge on any atom is 0.196 e. The van der Waals surface area contributed by atoms with Gasteiger partial charge in [0.1, 0.15) is 0 Å². The first-order chi connectivity index (χ1) is 13.2. The molecule has 1 aromatic carbocycles. The van der Waals surface area contributed by atoms with E-state index in [2.05, 4.69) is 27.3 Å². The maximum absolute atomic E-state index is 9.31. The molecule has 3 aromatic rings. The SMILES string of the molecule is Cc1ccc(-n2c(SC[C@H](C#N)CCC#N)nnc2-c2ccncc2)cc1. The molecule has 0 unspecified atom stereocenters. The zero-order valence-electron chi connectivity index (χ0n) is 14.9. The molecule has 6 nitrogen and oxygen atoms in total. The Morgan fingerprint density at radius 3 is 2.48 bits per heavy atom. The molecule has 0 radical (unpaired) electrons. The van der Waals surface area contributed by atoms with Crippen molar-refractivity contribution in [1.29, 1.82) is 10.5 Å². The zero-order valence-corrected chi connectivity index (χ0v) is 15.7. The summed E-state index contributed by atoms with van der Waals surface area (Å²) >= 11 is 1.49. The lowest BCUT2D eigenvalue weighted by Gasteiger charge is -2.11. The molecule has 0 aliphatic heterocycles. The maximum atomic E-state index is 9.31. The molecule has 2 aromatic heterocycles. The molecular weight excluding hydrogens is 356 g/mol. The number of benzene rings is 1. The van der Waals surface area contributed by atoms with Crippen LogP contribution in [0.3, 0.4) is 0 Å². The van der Waals surface area contributed by atoms with Crippen LogP contribution in [0.4, 0.5) is 0 Å². The summed E-state index contributed by atoms with van der Waals surface area (Å²) in [7, 11) is 0. The number of hydrogen-bond acceptors (Lipinski definition) is 6. The summed E-state index contributed by atoms with van der Waals surface area (Å²) in [6.45, 7) is 2.04. The zero-order chi connectivity index (χ0) is 19.1. The highest BCUT2D eigenvalue weighted by Crippen LogP contribution is 2.29. The molecule has 3 rings (SSSR count). The normalized spacial score (nSPS) is 11.5. The van der Waals surface area contributed by atoms with Gasteiger partial charge in [-0.05, 0) is 37.6 Å². The summed E-state index contributed by atoms with van der Waals surface area (Å²) in [5.74, 6) is 1.11. The summed E-state index contributed by atoms with van der Waals surface area (Å²) in [5.41, 5.74) is 3.06. The smallest absolute Gasteiger partial charge is 0.196 e. The second-order valence-electron chi connectivity index (χ2n) is 6.05. The van der Waals surface area contributed by atoms with E-state index < -0.39 is 0 Å². The summed E-state index contributed by atoms with van der Waals surface area (Å²) in [6, 6.07) is 16.3. The first-order valence-corrected chi connectivity index (χ1v) is 9.53. The van der Waals surface area contributed by atoms with Gasteiger partial charge in [0, 0.05) is 35.8 Å². The van der Waals surface area contributed by atoms with Crippen LogP contribution in [0.2, 0.25) is 0 Å². The van der Waals surface area contributed by atoms with E-state index in [4.69, 9.17) is 5.26 Å². The minimum Gasteiger partial charge on any atom is -0.270 e. The molecule has 134 valence electrons. The lowest BCUT2D eigenvalue weighted by molar-refractivity contribution is 0.683. The van der Waals surface area contributed by atoms with E-state index in [1.54, 1.807) is 12.4 Å². The molecule has 0 amide bonds. The molecule has 0 aliphatic carbocycles. The van der Waals surface area contributed by atoms with Crippen molar-refractivity contribution < 1.29 is 0 Å².